The van der Waals surface area contributed by atoms with Crippen molar-refractivity contribution in [1.29, 1.82) is 0 Å². The number of ether oxygens (including phenoxy) is 1. The Morgan fingerprint density at radius 3 is 2.18 bits per heavy atom. The Labute approximate surface area is 127 Å². The van der Waals surface area contributed by atoms with Crippen molar-refractivity contribution in [2.75, 3.05) is 6.61 Å². The molecule has 0 fully saturated rings. The van der Waals surface area contributed by atoms with E-state index in [0.717, 1.165) is 0 Å². The Balaban J connectivity index is 2.21. The first-order valence-corrected chi connectivity index (χ1v) is 8.08. The van der Waals surface area contributed by atoms with Gasteiger partial charge in [0.05, 0.1) is 11.9 Å². The SMILES string of the molecule is CCOP(=O)(Oc1ccc(OC(=O)O)cc1)c1ccccc1. The number of hydrogen-bond acceptors (Lipinski definition) is 5. The van der Waals surface area contributed by atoms with Crippen molar-refractivity contribution in [3.63, 3.8) is 0 Å². The van der Waals surface area contributed by atoms with Gasteiger partial charge in [0.1, 0.15) is 11.5 Å². The van der Waals surface area contributed by atoms with E-state index in [1.54, 1.807) is 37.3 Å². The fraction of sp³-hybridized carbons (Fsp3) is 0.133. The fourth-order valence-electron chi connectivity index (χ4n) is 1.74. The van der Waals surface area contributed by atoms with Crippen LogP contribution < -0.4 is 14.6 Å². The molecule has 0 aliphatic rings. The predicted molar refractivity (Wildman–Crippen MR) is 81.0 cm³/mol. The summed E-state index contributed by atoms with van der Waals surface area (Å²) >= 11 is 0. The van der Waals surface area contributed by atoms with Gasteiger partial charge in [0.15, 0.2) is 0 Å². The first-order valence-electron chi connectivity index (χ1n) is 6.54. The molecule has 0 aliphatic heterocycles. The normalized spacial score (nSPS) is 13.1. The highest BCUT2D eigenvalue weighted by Crippen LogP contribution is 2.47. The highest BCUT2D eigenvalue weighted by Gasteiger charge is 2.28. The molecule has 0 aromatic heterocycles. The molecule has 7 heteroatoms. The molecule has 1 N–H and O–H groups in total. The van der Waals surface area contributed by atoms with Crippen molar-refractivity contribution in [3.8, 4) is 11.5 Å². The highest BCUT2D eigenvalue weighted by atomic mass is 31.2. The second-order valence-corrected chi connectivity index (χ2v) is 6.13. The maximum absolute atomic E-state index is 12.9. The second-order valence-electron chi connectivity index (χ2n) is 4.18. The van der Waals surface area contributed by atoms with Crippen LogP contribution in [0.1, 0.15) is 6.92 Å². The number of carboxylic acid groups (broad SMARTS) is 1. The lowest BCUT2D eigenvalue weighted by molar-refractivity contribution is 0.144. The van der Waals surface area contributed by atoms with Gasteiger partial charge in [0.25, 0.3) is 0 Å². The molecule has 2 aromatic rings. The van der Waals surface area contributed by atoms with Gasteiger partial charge in [0, 0.05) is 0 Å². The molecule has 0 spiro atoms. The van der Waals surface area contributed by atoms with E-state index < -0.39 is 13.8 Å². The van der Waals surface area contributed by atoms with Crippen molar-refractivity contribution in [2.45, 2.75) is 6.92 Å². The summed E-state index contributed by atoms with van der Waals surface area (Å²) in [5, 5.41) is 8.97. The van der Waals surface area contributed by atoms with E-state index in [0.29, 0.717) is 11.1 Å². The third-order valence-electron chi connectivity index (χ3n) is 2.63. The molecule has 6 nitrogen and oxygen atoms in total. The predicted octanol–water partition coefficient (Wildman–Crippen LogP) is 3.68. The molecule has 22 heavy (non-hydrogen) atoms. The van der Waals surface area contributed by atoms with Gasteiger partial charge in [-0.2, -0.15) is 0 Å². The molecule has 0 amide bonds. The van der Waals surface area contributed by atoms with Crippen LogP contribution in [0.3, 0.4) is 0 Å². The standard InChI is InChI=1S/C15H15O6P/c1-2-19-22(18,14-6-4-3-5-7-14)21-13-10-8-12(9-11-13)20-15(16)17/h3-11H,2H2,1H3,(H,16,17). The smallest absolute Gasteiger partial charge is 0.449 e. The molecule has 0 radical (unpaired) electrons. The molecule has 1 atom stereocenters. The van der Waals surface area contributed by atoms with Gasteiger partial charge in [-0.25, -0.2) is 9.36 Å². The van der Waals surface area contributed by atoms with Gasteiger partial charge in [-0.15, -0.1) is 0 Å². The van der Waals surface area contributed by atoms with Gasteiger partial charge in [-0.1, -0.05) is 18.2 Å². The quantitative estimate of drug-likeness (QED) is 0.496. The van der Waals surface area contributed by atoms with Crippen LogP contribution in [0, 0.1) is 0 Å². The lowest BCUT2D eigenvalue weighted by Crippen LogP contribution is -2.12. The summed E-state index contributed by atoms with van der Waals surface area (Å²) in [6, 6.07) is 14.4. The van der Waals surface area contributed by atoms with E-state index in [4.69, 9.17) is 14.2 Å². The summed E-state index contributed by atoms with van der Waals surface area (Å²) in [5.74, 6) is 0.434. The Hall–Kier alpha value is -2.30. The van der Waals surface area contributed by atoms with Crippen LogP contribution in [0.5, 0.6) is 11.5 Å². The minimum absolute atomic E-state index is 0.144. The third kappa shape index (κ3) is 4.10. The summed E-state index contributed by atoms with van der Waals surface area (Å²) < 4.78 is 28.2. The van der Waals surface area contributed by atoms with Crippen LogP contribution >= 0.6 is 7.60 Å². The van der Waals surface area contributed by atoms with E-state index in [1.807, 2.05) is 0 Å². The van der Waals surface area contributed by atoms with Crippen molar-refractivity contribution < 1.29 is 28.3 Å². The largest absolute Gasteiger partial charge is 0.511 e. The number of carbonyl (C=O) groups is 1. The first-order chi connectivity index (χ1) is 10.5. The monoisotopic (exact) mass is 322 g/mol. The van der Waals surface area contributed by atoms with Gasteiger partial charge >= 0.3 is 13.8 Å². The zero-order chi connectivity index (χ0) is 16.0. The molecule has 0 bridgehead atoms. The van der Waals surface area contributed by atoms with Crippen LogP contribution in [-0.4, -0.2) is 17.9 Å². The number of benzene rings is 2. The topological polar surface area (TPSA) is 82.1 Å². The Morgan fingerprint density at radius 1 is 1.05 bits per heavy atom. The zero-order valence-corrected chi connectivity index (χ0v) is 12.7. The minimum Gasteiger partial charge on any atom is -0.449 e. The Kier molecular flexibility index (Phi) is 5.20. The van der Waals surface area contributed by atoms with Gasteiger partial charge < -0.3 is 14.4 Å². The second kappa shape index (κ2) is 7.11. The lowest BCUT2D eigenvalue weighted by Gasteiger charge is -2.18. The van der Waals surface area contributed by atoms with Crippen molar-refractivity contribution >= 4 is 19.1 Å². The van der Waals surface area contributed by atoms with E-state index in [1.165, 1.54) is 24.3 Å². The Bertz CT molecular complexity index is 668. The van der Waals surface area contributed by atoms with Crippen molar-refractivity contribution in [3.05, 3.63) is 54.6 Å². The highest BCUT2D eigenvalue weighted by molar-refractivity contribution is 7.62. The summed E-state index contributed by atoms with van der Waals surface area (Å²) in [6.07, 6.45) is -1.40. The molecule has 0 aliphatic carbocycles. The summed E-state index contributed by atoms with van der Waals surface area (Å²) in [7, 11) is -3.49. The fourth-order valence-corrected chi connectivity index (χ4v) is 3.33. The van der Waals surface area contributed by atoms with Gasteiger partial charge in [0.2, 0.25) is 0 Å². The molecule has 0 saturated carbocycles. The summed E-state index contributed by atoms with van der Waals surface area (Å²) in [4.78, 5) is 10.4. The average molecular weight is 322 g/mol. The van der Waals surface area contributed by atoms with Crippen LogP contribution in [-0.2, 0) is 9.09 Å². The lowest BCUT2D eigenvalue weighted by atomic mass is 10.3. The van der Waals surface area contributed by atoms with Crippen LogP contribution in [0.25, 0.3) is 0 Å². The van der Waals surface area contributed by atoms with E-state index in [9.17, 15) is 9.36 Å². The molecule has 116 valence electrons. The third-order valence-corrected chi connectivity index (χ3v) is 4.61. The van der Waals surface area contributed by atoms with Crippen LogP contribution in [0.15, 0.2) is 54.6 Å². The van der Waals surface area contributed by atoms with Gasteiger partial charge in [-0.05, 0) is 43.3 Å². The minimum atomic E-state index is -3.49. The molecular weight excluding hydrogens is 307 g/mol. The summed E-state index contributed by atoms with van der Waals surface area (Å²) in [5.41, 5.74) is 0. The van der Waals surface area contributed by atoms with E-state index in [2.05, 4.69) is 4.74 Å². The van der Waals surface area contributed by atoms with E-state index >= 15 is 0 Å². The van der Waals surface area contributed by atoms with Crippen molar-refractivity contribution in [1.82, 2.24) is 0 Å². The average Bonchev–Trinajstić information content (AvgIpc) is 2.50. The molecule has 1 unspecified atom stereocenters. The number of rotatable bonds is 6. The molecule has 0 heterocycles. The molecule has 2 aromatic carbocycles. The van der Waals surface area contributed by atoms with Crippen molar-refractivity contribution in [2.24, 2.45) is 0 Å². The maximum Gasteiger partial charge on any atom is 0.511 e. The molecule has 2 rings (SSSR count). The Morgan fingerprint density at radius 2 is 1.64 bits per heavy atom. The summed E-state index contributed by atoms with van der Waals surface area (Å²) in [6.45, 7) is 1.95. The molecular formula is C15H15O6P. The maximum atomic E-state index is 12.9. The zero-order valence-electron chi connectivity index (χ0n) is 11.8. The molecule has 0 saturated heterocycles. The number of hydrogen-bond donors (Lipinski definition) is 1. The van der Waals surface area contributed by atoms with Gasteiger partial charge in [-0.3, -0.25) is 4.52 Å². The first kappa shape index (κ1) is 16.1. The van der Waals surface area contributed by atoms with E-state index in [-0.39, 0.29) is 12.4 Å². The van der Waals surface area contributed by atoms with Crippen LogP contribution in [0.4, 0.5) is 4.79 Å². The van der Waals surface area contributed by atoms with Crippen LogP contribution in [0.2, 0.25) is 0 Å².